The minimum absolute atomic E-state index is 0.513. The second kappa shape index (κ2) is 13.2. The van der Waals surface area contributed by atoms with Gasteiger partial charge in [-0.05, 0) is 92.2 Å². The fourth-order valence-corrected chi connectivity index (χ4v) is 10.2. The first-order valence-corrected chi connectivity index (χ1v) is 20.4. The zero-order valence-corrected chi connectivity index (χ0v) is 32.3. The second-order valence-electron chi connectivity index (χ2n) is 15.7. The molecule has 276 valence electrons. The highest BCUT2D eigenvalue weighted by Crippen LogP contribution is 2.57. The Hall–Kier alpha value is -7.68. The number of nitrogens with zero attached hydrogens (tertiary/aromatic N) is 2. The van der Waals surface area contributed by atoms with Crippen LogP contribution in [-0.2, 0) is 5.41 Å². The molecule has 1 aliphatic rings. The molecule has 0 saturated heterocycles. The van der Waals surface area contributed by atoms with Gasteiger partial charge in [0.05, 0.1) is 22.1 Å². The van der Waals surface area contributed by atoms with E-state index >= 15 is 0 Å². The highest BCUT2D eigenvalue weighted by Gasteiger charge is 2.46. The lowest BCUT2D eigenvalue weighted by molar-refractivity contribution is 0.768. The molecular formula is C57H38N2. The Morgan fingerprint density at radius 3 is 1.80 bits per heavy atom. The molecule has 2 aromatic heterocycles. The van der Waals surface area contributed by atoms with Crippen molar-refractivity contribution in [2.75, 3.05) is 4.90 Å². The number of para-hydroxylation sites is 1. The van der Waals surface area contributed by atoms with Gasteiger partial charge in [-0.15, -0.1) is 0 Å². The Morgan fingerprint density at radius 1 is 0.390 bits per heavy atom. The summed E-state index contributed by atoms with van der Waals surface area (Å²) in [5.74, 6) is 0. The average molecular weight is 751 g/mol. The van der Waals surface area contributed by atoms with Crippen LogP contribution in [0.3, 0.4) is 0 Å². The van der Waals surface area contributed by atoms with Crippen molar-refractivity contribution in [1.82, 2.24) is 4.40 Å². The van der Waals surface area contributed by atoms with Crippen LogP contribution in [0.1, 0.15) is 22.3 Å². The maximum absolute atomic E-state index is 2.49. The van der Waals surface area contributed by atoms with Crippen LogP contribution in [0.15, 0.2) is 231 Å². The summed E-state index contributed by atoms with van der Waals surface area (Å²) >= 11 is 0. The minimum Gasteiger partial charge on any atom is -0.315 e. The van der Waals surface area contributed by atoms with Gasteiger partial charge in [0.1, 0.15) is 0 Å². The van der Waals surface area contributed by atoms with Crippen molar-refractivity contribution in [2.45, 2.75) is 5.41 Å². The van der Waals surface area contributed by atoms with Crippen LogP contribution in [0, 0.1) is 0 Å². The molecule has 11 aromatic rings. The van der Waals surface area contributed by atoms with Gasteiger partial charge in [-0.2, -0.15) is 0 Å². The summed E-state index contributed by atoms with van der Waals surface area (Å²) < 4.78 is 2.38. The van der Waals surface area contributed by atoms with E-state index in [0.29, 0.717) is 0 Å². The summed E-state index contributed by atoms with van der Waals surface area (Å²) in [7, 11) is 0. The topological polar surface area (TPSA) is 7.65 Å². The first-order chi connectivity index (χ1) is 29.3. The second-order valence-corrected chi connectivity index (χ2v) is 15.7. The van der Waals surface area contributed by atoms with E-state index in [1.54, 1.807) is 0 Å². The number of pyridine rings is 1. The zero-order chi connectivity index (χ0) is 38.9. The van der Waals surface area contributed by atoms with Crippen LogP contribution in [0.5, 0.6) is 0 Å². The van der Waals surface area contributed by atoms with Crippen molar-refractivity contribution < 1.29 is 0 Å². The maximum Gasteiger partial charge on any atom is 0.0714 e. The fourth-order valence-electron chi connectivity index (χ4n) is 10.2. The molecule has 0 bridgehead atoms. The van der Waals surface area contributed by atoms with Gasteiger partial charge in [0.2, 0.25) is 0 Å². The molecule has 9 aromatic carbocycles. The van der Waals surface area contributed by atoms with Crippen LogP contribution < -0.4 is 4.90 Å². The summed E-state index contributed by atoms with van der Waals surface area (Å²) in [5.41, 5.74) is 15.4. The highest BCUT2D eigenvalue weighted by atomic mass is 15.1. The van der Waals surface area contributed by atoms with Gasteiger partial charge in [0.25, 0.3) is 0 Å². The van der Waals surface area contributed by atoms with Gasteiger partial charge < -0.3 is 9.30 Å². The van der Waals surface area contributed by atoms with Gasteiger partial charge in [0, 0.05) is 39.3 Å². The average Bonchev–Trinajstić information content (AvgIpc) is 3.81. The SMILES string of the molecule is c1ccc(-c2c3ccccc3n3ccc4c(N(c5ccc6c(c5)C(c5ccccc5)(c5ccccc5)c5ccccc5-6)c5ccc6ccccc6c5)cccc4c23)cc1. The van der Waals surface area contributed by atoms with Crippen molar-refractivity contribution in [3.8, 4) is 22.3 Å². The van der Waals surface area contributed by atoms with E-state index in [1.807, 2.05) is 0 Å². The predicted molar refractivity (Wildman–Crippen MR) is 247 cm³/mol. The molecule has 2 nitrogen and oxygen atoms in total. The minimum atomic E-state index is -0.513. The lowest BCUT2D eigenvalue weighted by Gasteiger charge is -2.35. The Kier molecular flexibility index (Phi) is 7.48. The van der Waals surface area contributed by atoms with E-state index in [2.05, 4.69) is 240 Å². The van der Waals surface area contributed by atoms with Crippen LogP contribution in [0.2, 0.25) is 0 Å². The number of hydrogen-bond donors (Lipinski definition) is 0. The van der Waals surface area contributed by atoms with Crippen molar-refractivity contribution in [2.24, 2.45) is 0 Å². The van der Waals surface area contributed by atoms with E-state index in [9.17, 15) is 0 Å². The van der Waals surface area contributed by atoms with Crippen LogP contribution in [0.4, 0.5) is 17.1 Å². The number of benzene rings is 9. The van der Waals surface area contributed by atoms with Gasteiger partial charge >= 0.3 is 0 Å². The number of fused-ring (bicyclic) bond motifs is 9. The van der Waals surface area contributed by atoms with Crippen molar-refractivity contribution in [3.05, 3.63) is 253 Å². The molecule has 1 aliphatic carbocycles. The Balaban J connectivity index is 1.17. The van der Waals surface area contributed by atoms with Crippen molar-refractivity contribution >= 4 is 55.0 Å². The fraction of sp³-hybridized carbons (Fsp3) is 0.0175. The largest absolute Gasteiger partial charge is 0.315 e. The molecule has 0 atom stereocenters. The van der Waals surface area contributed by atoms with Gasteiger partial charge in [0.15, 0.2) is 0 Å². The number of hydrogen-bond acceptors (Lipinski definition) is 1. The van der Waals surface area contributed by atoms with E-state index in [1.165, 1.54) is 82.5 Å². The van der Waals surface area contributed by atoms with Gasteiger partial charge in [-0.3, -0.25) is 0 Å². The van der Waals surface area contributed by atoms with E-state index < -0.39 is 5.41 Å². The lowest BCUT2D eigenvalue weighted by atomic mass is 9.67. The molecule has 0 saturated carbocycles. The number of rotatable bonds is 6. The molecule has 0 radical (unpaired) electrons. The van der Waals surface area contributed by atoms with Crippen molar-refractivity contribution in [3.63, 3.8) is 0 Å². The number of anilines is 3. The normalized spacial score (nSPS) is 12.9. The van der Waals surface area contributed by atoms with E-state index in [4.69, 9.17) is 0 Å². The highest BCUT2D eigenvalue weighted by molar-refractivity contribution is 6.17. The molecule has 0 fully saturated rings. The number of aromatic nitrogens is 1. The molecule has 59 heavy (non-hydrogen) atoms. The molecule has 12 rings (SSSR count). The van der Waals surface area contributed by atoms with Gasteiger partial charge in [-0.25, -0.2) is 0 Å². The Labute approximate surface area is 343 Å². The monoisotopic (exact) mass is 750 g/mol. The summed E-state index contributed by atoms with van der Waals surface area (Å²) in [6.45, 7) is 0. The zero-order valence-electron chi connectivity index (χ0n) is 32.3. The summed E-state index contributed by atoms with van der Waals surface area (Å²) in [5, 5.41) is 6.08. The third-order valence-electron chi connectivity index (χ3n) is 12.6. The Bertz CT molecular complexity index is 3340. The molecule has 0 N–H and O–H groups in total. The van der Waals surface area contributed by atoms with Crippen LogP contribution in [-0.4, -0.2) is 4.40 Å². The molecule has 2 heteroatoms. The molecule has 2 heterocycles. The van der Waals surface area contributed by atoms with Crippen molar-refractivity contribution in [1.29, 1.82) is 0 Å². The summed E-state index contributed by atoms with van der Waals surface area (Å²) in [6, 6.07) is 82.7. The third kappa shape index (κ3) is 4.93. The molecule has 0 aliphatic heterocycles. The molecule has 0 unspecified atom stereocenters. The van der Waals surface area contributed by atoms with E-state index in [0.717, 1.165) is 17.1 Å². The predicted octanol–water partition coefficient (Wildman–Crippen LogP) is 14.9. The van der Waals surface area contributed by atoms with Crippen LogP contribution in [0.25, 0.3) is 60.2 Å². The third-order valence-corrected chi connectivity index (χ3v) is 12.6. The quantitative estimate of drug-likeness (QED) is 0.164. The smallest absolute Gasteiger partial charge is 0.0714 e. The molecule has 0 spiro atoms. The first kappa shape index (κ1) is 33.5. The molecule has 0 amide bonds. The standard InChI is InChI=1S/C57H38N2/c1-4-18-40(19-5-1)55-50-26-13-15-29-53(50)58-36-35-48-49(56(55)58)27-16-30-54(48)59(44-32-31-39-17-10-11-20-41(39)37-44)45-33-34-47-46-25-12-14-28-51(46)57(52(47)38-45,42-21-6-2-7-22-42)43-23-8-3-9-24-43/h1-38H. The summed E-state index contributed by atoms with van der Waals surface area (Å²) in [6.07, 6.45) is 2.27. The first-order valence-electron chi connectivity index (χ1n) is 20.4. The van der Waals surface area contributed by atoms with E-state index in [-0.39, 0.29) is 0 Å². The Morgan fingerprint density at radius 2 is 1.00 bits per heavy atom. The van der Waals surface area contributed by atoms with Crippen LogP contribution >= 0.6 is 0 Å². The van der Waals surface area contributed by atoms with Gasteiger partial charge in [-0.1, -0.05) is 182 Å². The maximum atomic E-state index is 2.49. The molecular weight excluding hydrogens is 713 g/mol. The lowest BCUT2D eigenvalue weighted by Crippen LogP contribution is -2.28. The summed E-state index contributed by atoms with van der Waals surface area (Å²) in [4.78, 5) is 2.49.